The molecule has 2 rings (SSSR count). The van der Waals surface area contributed by atoms with Gasteiger partial charge in [-0.05, 0) is 26.2 Å². The number of rotatable bonds is 0. The molecule has 0 saturated carbocycles. The number of hydrogen-bond acceptors (Lipinski definition) is 3. The van der Waals surface area contributed by atoms with Gasteiger partial charge in [0.15, 0.2) is 0 Å². The minimum Gasteiger partial charge on any atom is -0.477 e. The van der Waals surface area contributed by atoms with Gasteiger partial charge in [0.2, 0.25) is 5.88 Å². The Labute approximate surface area is 71.8 Å². The summed E-state index contributed by atoms with van der Waals surface area (Å²) >= 11 is 0. The van der Waals surface area contributed by atoms with Crippen molar-refractivity contribution in [2.24, 2.45) is 0 Å². The highest BCUT2D eigenvalue weighted by Gasteiger charge is 2.10. The molecular weight excluding hydrogens is 152 g/mol. The summed E-state index contributed by atoms with van der Waals surface area (Å²) in [6, 6.07) is 0. The summed E-state index contributed by atoms with van der Waals surface area (Å²) in [6.45, 7) is 2.68. The van der Waals surface area contributed by atoms with E-state index in [1.807, 2.05) is 13.1 Å². The minimum absolute atomic E-state index is 0.788. The smallest absolute Gasteiger partial charge is 0.219 e. The largest absolute Gasteiger partial charge is 0.477 e. The van der Waals surface area contributed by atoms with Crippen LogP contribution in [0.15, 0.2) is 6.20 Å². The van der Waals surface area contributed by atoms with E-state index in [1.165, 1.54) is 6.42 Å². The van der Waals surface area contributed by atoms with Crippen LogP contribution in [-0.4, -0.2) is 16.6 Å². The average molecular weight is 164 g/mol. The van der Waals surface area contributed by atoms with E-state index in [0.29, 0.717) is 0 Å². The predicted molar refractivity (Wildman–Crippen MR) is 45.2 cm³/mol. The maximum absolute atomic E-state index is 5.48. The molecule has 0 N–H and O–H groups in total. The molecule has 0 fully saturated rings. The SMILES string of the molecule is Cc1ncc2c(n1)OCCCC2. The summed E-state index contributed by atoms with van der Waals surface area (Å²) in [7, 11) is 0. The van der Waals surface area contributed by atoms with E-state index in [0.717, 1.165) is 36.7 Å². The molecule has 0 unspecified atom stereocenters. The van der Waals surface area contributed by atoms with Crippen molar-refractivity contribution in [3.8, 4) is 5.88 Å². The Morgan fingerprint density at radius 3 is 3.25 bits per heavy atom. The van der Waals surface area contributed by atoms with E-state index < -0.39 is 0 Å². The van der Waals surface area contributed by atoms with Crippen LogP contribution in [0.1, 0.15) is 24.2 Å². The molecule has 0 atom stereocenters. The Morgan fingerprint density at radius 2 is 2.33 bits per heavy atom. The van der Waals surface area contributed by atoms with Gasteiger partial charge in [-0.3, -0.25) is 0 Å². The van der Waals surface area contributed by atoms with E-state index in [4.69, 9.17) is 4.74 Å². The van der Waals surface area contributed by atoms with Gasteiger partial charge >= 0.3 is 0 Å². The second kappa shape index (κ2) is 3.09. The maximum Gasteiger partial charge on any atom is 0.219 e. The molecule has 2 heterocycles. The van der Waals surface area contributed by atoms with Crippen molar-refractivity contribution in [2.75, 3.05) is 6.61 Å². The zero-order chi connectivity index (χ0) is 8.39. The fourth-order valence-corrected chi connectivity index (χ4v) is 1.36. The third kappa shape index (κ3) is 1.40. The Hall–Kier alpha value is -1.12. The average Bonchev–Trinajstić information content (AvgIpc) is 2.28. The van der Waals surface area contributed by atoms with E-state index in [2.05, 4.69) is 9.97 Å². The Morgan fingerprint density at radius 1 is 1.42 bits per heavy atom. The van der Waals surface area contributed by atoms with Crippen molar-refractivity contribution >= 4 is 0 Å². The van der Waals surface area contributed by atoms with E-state index in [9.17, 15) is 0 Å². The van der Waals surface area contributed by atoms with Crippen LogP contribution < -0.4 is 4.74 Å². The first-order valence-corrected chi connectivity index (χ1v) is 4.31. The monoisotopic (exact) mass is 164 g/mol. The first kappa shape index (κ1) is 7.53. The molecule has 12 heavy (non-hydrogen) atoms. The van der Waals surface area contributed by atoms with Gasteiger partial charge in [0.25, 0.3) is 0 Å². The van der Waals surface area contributed by atoms with Gasteiger partial charge in [0.1, 0.15) is 5.82 Å². The van der Waals surface area contributed by atoms with Gasteiger partial charge in [0, 0.05) is 11.8 Å². The molecule has 3 nitrogen and oxygen atoms in total. The van der Waals surface area contributed by atoms with Crippen LogP contribution in [0, 0.1) is 6.92 Å². The molecule has 0 bridgehead atoms. The summed E-state index contributed by atoms with van der Waals surface area (Å²) in [5.74, 6) is 1.58. The highest BCUT2D eigenvalue weighted by Crippen LogP contribution is 2.20. The molecule has 0 amide bonds. The zero-order valence-corrected chi connectivity index (χ0v) is 7.21. The fourth-order valence-electron chi connectivity index (χ4n) is 1.36. The van der Waals surface area contributed by atoms with Crippen LogP contribution in [0.25, 0.3) is 0 Å². The third-order valence-corrected chi connectivity index (χ3v) is 2.02. The van der Waals surface area contributed by atoms with Gasteiger partial charge in [-0.1, -0.05) is 0 Å². The summed E-state index contributed by atoms with van der Waals surface area (Å²) in [5.41, 5.74) is 1.15. The number of fused-ring (bicyclic) bond motifs is 1. The molecule has 64 valence electrons. The number of aromatic nitrogens is 2. The normalized spacial score (nSPS) is 16.1. The van der Waals surface area contributed by atoms with Crippen LogP contribution in [0.5, 0.6) is 5.88 Å². The fraction of sp³-hybridized carbons (Fsp3) is 0.556. The lowest BCUT2D eigenvalue weighted by Gasteiger charge is -2.04. The lowest BCUT2D eigenvalue weighted by atomic mass is 10.1. The highest BCUT2D eigenvalue weighted by molar-refractivity contribution is 5.24. The summed E-state index contributed by atoms with van der Waals surface area (Å²) < 4.78 is 5.48. The summed E-state index contributed by atoms with van der Waals surface area (Å²) in [5, 5.41) is 0. The van der Waals surface area contributed by atoms with Crippen LogP contribution in [0.3, 0.4) is 0 Å². The van der Waals surface area contributed by atoms with Crippen molar-refractivity contribution in [3.05, 3.63) is 17.6 Å². The molecule has 0 saturated heterocycles. The molecule has 0 spiro atoms. The van der Waals surface area contributed by atoms with Crippen LogP contribution in [-0.2, 0) is 6.42 Å². The van der Waals surface area contributed by atoms with Crippen LogP contribution in [0.2, 0.25) is 0 Å². The van der Waals surface area contributed by atoms with Crippen LogP contribution >= 0.6 is 0 Å². The molecule has 1 aliphatic rings. The molecular formula is C9H12N2O. The second-order valence-corrected chi connectivity index (χ2v) is 3.05. The lowest BCUT2D eigenvalue weighted by Crippen LogP contribution is -1.99. The van der Waals surface area contributed by atoms with E-state index in [-0.39, 0.29) is 0 Å². The van der Waals surface area contributed by atoms with Crippen LogP contribution in [0.4, 0.5) is 0 Å². The Balaban J connectivity index is 2.36. The topological polar surface area (TPSA) is 35.0 Å². The number of nitrogens with zero attached hydrogens (tertiary/aromatic N) is 2. The Bertz CT molecular complexity index is 286. The van der Waals surface area contributed by atoms with Gasteiger partial charge in [-0.2, -0.15) is 4.98 Å². The van der Waals surface area contributed by atoms with E-state index >= 15 is 0 Å². The zero-order valence-electron chi connectivity index (χ0n) is 7.21. The van der Waals surface area contributed by atoms with Crippen molar-refractivity contribution in [1.82, 2.24) is 9.97 Å². The molecule has 1 aromatic heterocycles. The van der Waals surface area contributed by atoms with Crippen molar-refractivity contribution in [1.29, 1.82) is 0 Å². The summed E-state index contributed by atoms with van der Waals surface area (Å²) in [4.78, 5) is 8.38. The molecule has 0 aromatic carbocycles. The summed E-state index contributed by atoms with van der Waals surface area (Å²) in [6.07, 6.45) is 5.23. The maximum atomic E-state index is 5.48. The second-order valence-electron chi connectivity index (χ2n) is 3.05. The van der Waals surface area contributed by atoms with Crippen molar-refractivity contribution in [2.45, 2.75) is 26.2 Å². The first-order chi connectivity index (χ1) is 5.86. The lowest BCUT2D eigenvalue weighted by molar-refractivity contribution is 0.304. The Kier molecular flexibility index (Phi) is 1.94. The number of aryl methyl sites for hydroxylation is 2. The van der Waals surface area contributed by atoms with Gasteiger partial charge < -0.3 is 4.74 Å². The first-order valence-electron chi connectivity index (χ1n) is 4.31. The van der Waals surface area contributed by atoms with E-state index in [1.54, 1.807) is 0 Å². The van der Waals surface area contributed by atoms with Crippen molar-refractivity contribution < 1.29 is 4.74 Å². The number of hydrogen-bond donors (Lipinski definition) is 0. The highest BCUT2D eigenvalue weighted by atomic mass is 16.5. The third-order valence-electron chi connectivity index (χ3n) is 2.02. The standard InChI is InChI=1S/C9H12N2O/c1-7-10-6-8-4-2-3-5-12-9(8)11-7/h6H,2-5H2,1H3. The quantitative estimate of drug-likeness (QED) is 0.583. The van der Waals surface area contributed by atoms with Crippen molar-refractivity contribution in [3.63, 3.8) is 0 Å². The van der Waals surface area contributed by atoms with Gasteiger partial charge in [-0.15, -0.1) is 0 Å². The molecule has 0 aliphatic carbocycles. The van der Waals surface area contributed by atoms with Gasteiger partial charge in [-0.25, -0.2) is 4.98 Å². The molecule has 0 radical (unpaired) electrons. The minimum atomic E-state index is 0.788. The molecule has 1 aromatic rings. The predicted octanol–water partition coefficient (Wildman–Crippen LogP) is 1.50. The molecule has 1 aliphatic heterocycles. The van der Waals surface area contributed by atoms with Gasteiger partial charge in [0.05, 0.1) is 6.61 Å². The molecule has 3 heteroatoms. The number of ether oxygens (including phenoxy) is 1.